The Hall–Kier alpha value is -1.31. The molecule has 0 aliphatic carbocycles. The van der Waals surface area contributed by atoms with Crippen LogP contribution >= 0.6 is 15.9 Å². The number of carboxylic acid groups (broad SMARTS) is 1. The van der Waals surface area contributed by atoms with Crippen LogP contribution in [0.1, 0.15) is 22.3 Å². The van der Waals surface area contributed by atoms with Gasteiger partial charge in [-0.3, -0.25) is 0 Å². The van der Waals surface area contributed by atoms with Crippen LogP contribution in [0.15, 0.2) is 22.7 Å². The maximum atomic E-state index is 10.7. The van der Waals surface area contributed by atoms with Crippen LogP contribution in [0, 0.1) is 11.8 Å². The predicted octanol–water partition coefficient (Wildman–Crippen LogP) is 1.85. The van der Waals surface area contributed by atoms with Crippen LogP contribution < -0.4 is 5.73 Å². The number of carbonyl (C=O) groups is 1. The highest BCUT2D eigenvalue weighted by Gasteiger charge is 2.04. The van der Waals surface area contributed by atoms with Gasteiger partial charge in [-0.05, 0) is 18.2 Å². The van der Waals surface area contributed by atoms with Gasteiger partial charge in [-0.25, -0.2) is 4.79 Å². The zero-order valence-corrected chi connectivity index (χ0v) is 9.54. The first-order valence-corrected chi connectivity index (χ1v) is 5.15. The summed E-state index contributed by atoms with van der Waals surface area (Å²) in [4.78, 5) is 10.7. The number of benzene rings is 1. The summed E-state index contributed by atoms with van der Waals surface area (Å²) in [6.07, 6.45) is 0.606. The molecule has 1 aromatic carbocycles. The van der Waals surface area contributed by atoms with E-state index in [0.29, 0.717) is 23.0 Å². The minimum Gasteiger partial charge on any atom is -0.478 e. The van der Waals surface area contributed by atoms with E-state index in [9.17, 15) is 4.79 Å². The minimum absolute atomic E-state index is 0.224. The summed E-state index contributed by atoms with van der Waals surface area (Å²) in [6.45, 7) is 0.507. The smallest absolute Gasteiger partial charge is 0.335 e. The van der Waals surface area contributed by atoms with E-state index in [1.165, 1.54) is 12.1 Å². The molecule has 1 aromatic rings. The zero-order valence-electron chi connectivity index (χ0n) is 7.96. The number of rotatable bonds is 2. The number of nitrogens with two attached hydrogens (primary N) is 1. The van der Waals surface area contributed by atoms with E-state index in [2.05, 4.69) is 27.8 Å². The van der Waals surface area contributed by atoms with Crippen LogP contribution in [-0.4, -0.2) is 17.6 Å². The second-order valence-electron chi connectivity index (χ2n) is 2.87. The lowest BCUT2D eigenvalue weighted by molar-refractivity contribution is 0.0697. The van der Waals surface area contributed by atoms with Gasteiger partial charge in [0.05, 0.1) is 5.56 Å². The van der Waals surface area contributed by atoms with Crippen molar-refractivity contribution in [1.82, 2.24) is 0 Å². The fourth-order valence-corrected chi connectivity index (χ4v) is 1.52. The molecule has 0 atom stereocenters. The van der Waals surface area contributed by atoms with Crippen LogP contribution in [-0.2, 0) is 0 Å². The molecule has 0 bridgehead atoms. The number of halogens is 1. The van der Waals surface area contributed by atoms with E-state index >= 15 is 0 Å². The third-order valence-electron chi connectivity index (χ3n) is 1.65. The molecule has 0 saturated carbocycles. The maximum Gasteiger partial charge on any atom is 0.335 e. The number of hydrogen-bond acceptors (Lipinski definition) is 2. The van der Waals surface area contributed by atoms with Gasteiger partial charge in [0.2, 0.25) is 0 Å². The quantitative estimate of drug-likeness (QED) is 0.804. The van der Waals surface area contributed by atoms with Gasteiger partial charge in [-0.15, -0.1) is 0 Å². The largest absolute Gasteiger partial charge is 0.478 e. The molecule has 78 valence electrons. The van der Waals surface area contributed by atoms with E-state index in [0.717, 1.165) is 0 Å². The topological polar surface area (TPSA) is 63.3 Å². The lowest BCUT2D eigenvalue weighted by atomic mass is 10.1. The molecule has 0 aliphatic heterocycles. The number of carboxylic acids is 1. The van der Waals surface area contributed by atoms with Crippen LogP contribution in [0.3, 0.4) is 0 Å². The van der Waals surface area contributed by atoms with Gasteiger partial charge in [0, 0.05) is 23.0 Å². The first-order valence-electron chi connectivity index (χ1n) is 4.36. The molecule has 0 heterocycles. The Labute approximate surface area is 96.4 Å². The van der Waals surface area contributed by atoms with Crippen molar-refractivity contribution in [3.8, 4) is 11.8 Å². The monoisotopic (exact) mass is 267 g/mol. The average Bonchev–Trinajstić information content (AvgIpc) is 2.17. The van der Waals surface area contributed by atoms with Crippen molar-refractivity contribution in [3.05, 3.63) is 33.8 Å². The minimum atomic E-state index is -0.960. The molecular formula is C11H10BrNO2. The summed E-state index contributed by atoms with van der Waals surface area (Å²) in [5.41, 5.74) is 6.19. The molecule has 0 aromatic heterocycles. The standard InChI is InChI=1S/C11H10BrNO2/c12-10-6-8(3-1-2-4-13)5-9(7-10)11(14)15/h5-7H,2,4,13H2,(H,14,15). The van der Waals surface area contributed by atoms with Crippen molar-refractivity contribution in [3.63, 3.8) is 0 Å². The number of hydrogen-bond donors (Lipinski definition) is 2. The Bertz CT molecular complexity index is 432. The fourth-order valence-electron chi connectivity index (χ4n) is 1.02. The zero-order chi connectivity index (χ0) is 11.3. The lowest BCUT2D eigenvalue weighted by Gasteiger charge is -1.97. The average molecular weight is 268 g/mol. The van der Waals surface area contributed by atoms with Gasteiger partial charge in [-0.1, -0.05) is 27.8 Å². The Balaban J connectivity index is 3.00. The van der Waals surface area contributed by atoms with Gasteiger partial charge in [0.15, 0.2) is 0 Å². The van der Waals surface area contributed by atoms with Crippen molar-refractivity contribution >= 4 is 21.9 Å². The highest BCUT2D eigenvalue weighted by Crippen LogP contribution is 2.15. The molecule has 3 N–H and O–H groups in total. The van der Waals surface area contributed by atoms with E-state index in [1.807, 2.05) is 0 Å². The van der Waals surface area contributed by atoms with E-state index in [4.69, 9.17) is 10.8 Å². The number of aromatic carboxylic acids is 1. The molecule has 0 radical (unpaired) electrons. The molecule has 0 fully saturated rings. The van der Waals surface area contributed by atoms with Crippen molar-refractivity contribution in [1.29, 1.82) is 0 Å². The lowest BCUT2D eigenvalue weighted by Crippen LogP contribution is -1.97. The van der Waals surface area contributed by atoms with Gasteiger partial charge in [-0.2, -0.15) is 0 Å². The third-order valence-corrected chi connectivity index (χ3v) is 2.10. The first-order chi connectivity index (χ1) is 7.13. The van der Waals surface area contributed by atoms with E-state index in [-0.39, 0.29) is 5.56 Å². The van der Waals surface area contributed by atoms with Gasteiger partial charge >= 0.3 is 5.97 Å². The van der Waals surface area contributed by atoms with E-state index in [1.54, 1.807) is 6.07 Å². The predicted molar refractivity (Wildman–Crippen MR) is 61.7 cm³/mol. The van der Waals surface area contributed by atoms with Crippen molar-refractivity contribution in [2.75, 3.05) is 6.54 Å². The molecule has 0 amide bonds. The molecule has 0 unspecified atom stereocenters. The van der Waals surface area contributed by atoms with Gasteiger partial charge in [0.25, 0.3) is 0 Å². The SMILES string of the molecule is NCCC#Cc1cc(Br)cc(C(=O)O)c1. The molecule has 0 spiro atoms. The maximum absolute atomic E-state index is 10.7. The van der Waals surface area contributed by atoms with Crippen LogP contribution in [0.2, 0.25) is 0 Å². The Morgan fingerprint density at radius 1 is 1.47 bits per heavy atom. The Morgan fingerprint density at radius 3 is 2.80 bits per heavy atom. The van der Waals surface area contributed by atoms with Crippen LogP contribution in [0.4, 0.5) is 0 Å². The van der Waals surface area contributed by atoms with E-state index < -0.39 is 5.97 Å². The Kier molecular flexibility index (Phi) is 4.35. The normalized spacial score (nSPS) is 9.20. The Morgan fingerprint density at radius 2 is 2.20 bits per heavy atom. The molecular weight excluding hydrogens is 258 g/mol. The molecule has 0 aliphatic rings. The van der Waals surface area contributed by atoms with Crippen molar-refractivity contribution in [2.24, 2.45) is 5.73 Å². The summed E-state index contributed by atoms with van der Waals surface area (Å²) in [7, 11) is 0. The van der Waals surface area contributed by atoms with Crippen LogP contribution in [0.25, 0.3) is 0 Å². The first kappa shape index (κ1) is 11.8. The van der Waals surface area contributed by atoms with Gasteiger partial charge in [0.1, 0.15) is 0 Å². The van der Waals surface area contributed by atoms with Crippen molar-refractivity contribution < 1.29 is 9.90 Å². The fraction of sp³-hybridized carbons (Fsp3) is 0.182. The summed E-state index contributed by atoms with van der Waals surface area (Å²) in [6, 6.07) is 4.85. The van der Waals surface area contributed by atoms with Gasteiger partial charge < -0.3 is 10.8 Å². The molecule has 3 nitrogen and oxygen atoms in total. The summed E-state index contributed by atoms with van der Waals surface area (Å²) >= 11 is 3.23. The highest BCUT2D eigenvalue weighted by molar-refractivity contribution is 9.10. The van der Waals surface area contributed by atoms with Crippen LogP contribution in [0.5, 0.6) is 0 Å². The summed E-state index contributed by atoms with van der Waals surface area (Å²) in [5, 5.41) is 8.82. The molecule has 1 rings (SSSR count). The molecule has 15 heavy (non-hydrogen) atoms. The highest BCUT2D eigenvalue weighted by atomic mass is 79.9. The third kappa shape index (κ3) is 3.74. The summed E-state index contributed by atoms with van der Waals surface area (Å²) < 4.78 is 0.708. The molecule has 0 saturated heterocycles. The summed E-state index contributed by atoms with van der Waals surface area (Å²) in [5.74, 6) is 4.75. The second-order valence-corrected chi connectivity index (χ2v) is 3.79. The molecule has 4 heteroatoms. The second kappa shape index (κ2) is 5.54. The van der Waals surface area contributed by atoms with Crippen molar-refractivity contribution in [2.45, 2.75) is 6.42 Å².